The number of hydrogen-bond donors (Lipinski definition) is 1. The summed E-state index contributed by atoms with van der Waals surface area (Å²) in [5, 5.41) is 12.0. The van der Waals surface area contributed by atoms with Crippen LogP contribution in [0.1, 0.15) is 0 Å². The smallest absolute Gasteiger partial charge is 0.244 e. The van der Waals surface area contributed by atoms with E-state index in [-0.39, 0.29) is 5.82 Å². The second-order valence-corrected chi connectivity index (χ2v) is 3.56. The Morgan fingerprint density at radius 1 is 1.29 bits per heavy atom. The lowest BCUT2D eigenvalue weighted by atomic mass is 10.3. The molecule has 4 nitrogen and oxygen atoms in total. The van der Waals surface area contributed by atoms with Gasteiger partial charge in [0, 0.05) is 6.07 Å². The van der Waals surface area contributed by atoms with Gasteiger partial charge in [-0.25, -0.2) is 4.98 Å². The van der Waals surface area contributed by atoms with Crippen molar-refractivity contribution in [2.45, 2.75) is 0 Å². The molecule has 1 aromatic carbocycles. The molecule has 1 aromatic heterocycles. The van der Waals surface area contributed by atoms with Gasteiger partial charge in [-0.15, -0.1) is 0 Å². The van der Waals surface area contributed by atoms with Crippen LogP contribution < -0.4 is 10.5 Å². The van der Waals surface area contributed by atoms with Crippen LogP contribution in [0.5, 0.6) is 0 Å². The lowest BCUT2D eigenvalue weighted by Gasteiger charge is -2.03. The first-order valence-corrected chi connectivity index (χ1v) is 4.48. The Morgan fingerprint density at radius 3 is 2.64 bits per heavy atom. The lowest BCUT2D eigenvalue weighted by molar-refractivity contribution is -0.576. The number of anilines is 1. The fourth-order valence-corrected chi connectivity index (χ4v) is 1.47. The Balaban J connectivity index is 2.89. The normalized spacial score (nSPS) is 10.7. The molecule has 0 fully saturated rings. The second kappa shape index (κ2) is 3.15. The average Bonchev–Trinajstić information content (AvgIpc) is 2.08. The molecule has 2 aromatic rings. The van der Waals surface area contributed by atoms with Gasteiger partial charge in [0.2, 0.25) is 11.7 Å². The molecule has 0 spiro atoms. The molecule has 0 aliphatic carbocycles. The van der Waals surface area contributed by atoms with Crippen LogP contribution in [0, 0.1) is 5.21 Å². The second-order valence-electron chi connectivity index (χ2n) is 2.75. The van der Waals surface area contributed by atoms with E-state index in [0.29, 0.717) is 25.8 Å². The van der Waals surface area contributed by atoms with Gasteiger partial charge in [0.1, 0.15) is 5.52 Å². The molecule has 0 atom stereocenters. The third kappa shape index (κ3) is 1.42. The molecule has 6 heteroatoms. The summed E-state index contributed by atoms with van der Waals surface area (Å²) < 4.78 is 0.611. The monoisotopic (exact) mass is 229 g/mol. The van der Waals surface area contributed by atoms with Gasteiger partial charge in [-0.1, -0.05) is 23.2 Å². The Hall–Kier alpha value is -1.26. The van der Waals surface area contributed by atoms with Gasteiger partial charge in [0.15, 0.2) is 5.82 Å². The number of aromatic nitrogens is 2. The van der Waals surface area contributed by atoms with E-state index >= 15 is 0 Å². The van der Waals surface area contributed by atoms with Gasteiger partial charge in [-0.2, -0.15) is 4.73 Å². The number of rotatable bonds is 0. The first kappa shape index (κ1) is 9.30. The number of benzene rings is 1. The molecule has 0 aliphatic heterocycles. The third-order valence-electron chi connectivity index (χ3n) is 1.75. The van der Waals surface area contributed by atoms with Gasteiger partial charge in [-0.3, -0.25) is 0 Å². The summed E-state index contributed by atoms with van der Waals surface area (Å²) in [6.07, 6.45) is 1.17. The number of nitrogen functional groups attached to an aromatic ring is 1. The molecule has 0 amide bonds. The van der Waals surface area contributed by atoms with Crippen LogP contribution >= 0.6 is 23.2 Å². The van der Waals surface area contributed by atoms with Crippen LogP contribution in [0.4, 0.5) is 5.82 Å². The molecular weight excluding hydrogens is 225 g/mol. The highest BCUT2D eigenvalue weighted by Crippen LogP contribution is 2.25. The summed E-state index contributed by atoms with van der Waals surface area (Å²) in [5.74, 6) is 0.144. The van der Waals surface area contributed by atoms with Gasteiger partial charge >= 0.3 is 0 Å². The number of hydrogen-bond acceptors (Lipinski definition) is 3. The Morgan fingerprint density at radius 2 is 1.93 bits per heavy atom. The highest BCUT2D eigenvalue weighted by atomic mass is 35.5. The first-order valence-electron chi connectivity index (χ1n) is 3.72. The lowest BCUT2D eigenvalue weighted by Crippen LogP contribution is -2.27. The van der Waals surface area contributed by atoms with Crippen molar-refractivity contribution in [3.63, 3.8) is 0 Å². The minimum absolute atomic E-state index is 0.144. The van der Waals surface area contributed by atoms with Crippen LogP contribution in [0.3, 0.4) is 0 Å². The molecule has 0 saturated carbocycles. The Bertz CT molecular complexity index is 515. The summed E-state index contributed by atoms with van der Waals surface area (Å²) in [4.78, 5) is 3.95. The van der Waals surface area contributed by atoms with E-state index in [4.69, 9.17) is 28.9 Å². The van der Waals surface area contributed by atoms with Crippen molar-refractivity contribution in [2.24, 2.45) is 0 Å². The number of nitrogens with two attached hydrogens (primary N) is 1. The van der Waals surface area contributed by atoms with E-state index in [9.17, 15) is 5.21 Å². The molecule has 2 N–H and O–H groups in total. The molecule has 72 valence electrons. The zero-order valence-electron chi connectivity index (χ0n) is 6.87. The Labute approximate surface area is 89.5 Å². The van der Waals surface area contributed by atoms with E-state index in [1.807, 2.05) is 0 Å². The quantitative estimate of drug-likeness (QED) is 0.553. The fourth-order valence-electron chi connectivity index (χ4n) is 1.15. The van der Waals surface area contributed by atoms with Crippen molar-refractivity contribution in [2.75, 3.05) is 5.73 Å². The minimum Gasteiger partial charge on any atom is -0.618 e. The fraction of sp³-hybridized carbons (Fsp3) is 0. The maximum Gasteiger partial charge on any atom is 0.244 e. The molecule has 1 heterocycles. The summed E-state index contributed by atoms with van der Waals surface area (Å²) in [7, 11) is 0. The third-order valence-corrected chi connectivity index (χ3v) is 2.48. The molecule has 0 radical (unpaired) electrons. The zero-order chi connectivity index (χ0) is 10.3. The largest absolute Gasteiger partial charge is 0.618 e. The SMILES string of the molecule is Nc1c[n+]([O-])c2cc(Cl)c(Cl)cc2n1. The molecule has 2 rings (SSSR count). The number of halogens is 2. The van der Waals surface area contributed by atoms with Crippen LogP contribution in [0.25, 0.3) is 11.0 Å². The standard InChI is InChI=1S/C8H5Cl2N3O/c9-4-1-6-7(2-5(4)10)13(14)3-8(11)12-6/h1-3H,(H2,11,12). The van der Waals surface area contributed by atoms with Crippen LogP contribution in [-0.4, -0.2) is 4.98 Å². The highest BCUT2D eigenvalue weighted by molar-refractivity contribution is 6.42. The van der Waals surface area contributed by atoms with Crippen molar-refractivity contribution in [1.82, 2.24) is 4.98 Å². The van der Waals surface area contributed by atoms with E-state index in [1.54, 1.807) is 0 Å². The molecule has 14 heavy (non-hydrogen) atoms. The van der Waals surface area contributed by atoms with E-state index in [2.05, 4.69) is 4.98 Å². The minimum atomic E-state index is 0.144. The number of nitrogens with zero attached hydrogens (tertiary/aromatic N) is 2. The zero-order valence-corrected chi connectivity index (χ0v) is 8.38. The van der Waals surface area contributed by atoms with Crippen LogP contribution in [0.15, 0.2) is 18.3 Å². The molecular formula is C8H5Cl2N3O. The van der Waals surface area contributed by atoms with Crippen LogP contribution in [-0.2, 0) is 0 Å². The molecule has 0 aliphatic rings. The summed E-state index contributed by atoms with van der Waals surface area (Å²) in [5.41, 5.74) is 6.17. The van der Waals surface area contributed by atoms with Gasteiger partial charge in [-0.05, 0) is 6.07 Å². The van der Waals surface area contributed by atoms with Crippen molar-refractivity contribution < 1.29 is 4.73 Å². The predicted molar refractivity (Wildman–Crippen MR) is 55.1 cm³/mol. The average molecular weight is 230 g/mol. The Kier molecular flexibility index (Phi) is 2.09. The predicted octanol–water partition coefficient (Wildman–Crippen LogP) is 1.76. The van der Waals surface area contributed by atoms with Gasteiger partial charge in [0.05, 0.1) is 10.0 Å². The van der Waals surface area contributed by atoms with E-state index < -0.39 is 0 Å². The highest BCUT2D eigenvalue weighted by Gasteiger charge is 2.10. The van der Waals surface area contributed by atoms with Crippen LogP contribution in [0.2, 0.25) is 10.0 Å². The van der Waals surface area contributed by atoms with Crippen molar-refractivity contribution in [1.29, 1.82) is 0 Å². The topological polar surface area (TPSA) is 65.8 Å². The van der Waals surface area contributed by atoms with Crippen molar-refractivity contribution >= 4 is 40.1 Å². The molecule has 0 unspecified atom stereocenters. The van der Waals surface area contributed by atoms with Crippen molar-refractivity contribution in [3.8, 4) is 0 Å². The van der Waals surface area contributed by atoms with E-state index in [0.717, 1.165) is 0 Å². The molecule has 0 bridgehead atoms. The number of fused-ring (bicyclic) bond motifs is 1. The maximum atomic E-state index is 11.4. The van der Waals surface area contributed by atoms with E-state index in [1.165, 1.54) is 18.3 Å². The first-order chi connectivity index (χ1) is 6.58. The molecule has 0 saturated heterocycles. The summed E-state index contributed by atoms with van der Waals surface area (Å²) in [6, 6.07) is 2.96. The van der Waals surface area contributed by atoms with Crippen molar-refractivity contribution in [3.05, 3.63) is 33.6 Å². The summed E-state index contributed by atoms with van der Waals surface area (Å²) in [6.45, 7) is 0. The van der Waals surface area contributed by atoms with Gasteiger partial charge in [0.25, 0.3) is 0 Å². The maximum absolute atomic E-state index is 11.4. The summed E-state index contributed by atoms with van der Waals surface area (Å²) >= 11 is 11.5. The van der Waals surface area contributed by atoms with Gasteiger partial charge < -0.3 is 10.9 Å².